The van der Waals surface area contributed by atoms with Gasteiger partial charge in [-0.3, -0.25) is 4.90 Å². The van der Waals surface area contributed by atoms with Gasteiger partial charge in [-0.25, -0.2) is 8.78 Å². The zero-order chi connectivity index (χ0) is 14.1. The molecule has 1 fully saturated rings. The van der Waals surface area contributed by atoms with Crippen LogP contribution in [0.5, 0.6) is 0 Å². The van der Waals surface area contributed by atoms with Gasteiger partial charge in [-0.1, -0.05) is 16.8 Å². The first-order valence-electron chi connectivity index (χ1n) is 6.68. The summed E-state index contributed by atoms with van der Waals surface area (Å²) in [7, 11) is 0. The molecule has 0 N–H and O–H groups in total. The van der Waals surface area contributed by atoms with E-state index in [-0.39, 0.29) is 0 Å². The first-order valence-corrected chi connectivity index (χ1v) is 7.05. The van der Waals surface area contributed by atoms with Gasteiger partial charge < -0.3 is 4.52 Å². The minimum absolute atomic E-state index is 0.409. The molecule has 3 rings (SSSR count). The second-order valence-electron chi connectivity index (χ2n) is 5.24. The summed E-state index contributed by atoms with van der Waals surface area (Å²) in [5.41, 5.74) is 1.43. The van der Waals surface area contributed by atoms with E-state index in [2.05, 4.69) is 5.16 Å². The molecule has 0 aliphatic carbocycles. The van der Waals surface area contributed by atoms with E-state index in [0.717, 1.165) is 24.0 Å². The van der Waals surface area contributed by atoms with Crippen molar-refractivity contribution in [3.63, 3.8) is 0 Å². The van der Waals surface area contributed by atoms with Crippen LogP contribution in [0, 0.1) is 5.92 Å². The number of likely N-dealkylation sites (tertiary alicyclic amines) is 1. The summed E-state index contributed by atoms with van der Waals surface area (Å²) < 4.78 is 30.8. The minimum Gasteiger partial charge on any atom is -0.356 e. The van der Waals surface area contributed by atoms with Gasteiger partial charge in [0.1, 0.15) is 5.69 Å². The molecular formula is C14H15ClF2N2O. The van der Waals surface area contributed by atoms with E-state index in [1.807, 2.05) is 4.90 Å². The molecule has 0 amide bonds. The largest absolute Gasteiger partial charge is 0.356 e. The average Bonchev–Trinajstić information content (AvgIpc) is 2.82. The number of hydrogen-bond acceptors (Lipinski definition) is 3. The monoisotopic (exact) mass is 300 g/mol. The molecule has 1 aliphatic heterocycles. The maximum Gasteiger partial charge on any atom is 0.242 e. The summed E-state index contributed by atoms with van der Waals surface area (Å²) in [5.74, 6) is -0.537. The fraction of sp³-hybridized carbons (Fsp3) is 0.500. The minimum atomic E-state index is -2.25. The molecule has 2 aromatic rings. The van der Waals surface area contributed by atoms with Crippen LogP contribution in [0.1, 0.15) is 18.5 Å². The number of benzene rings is 1. The molecule has 1 atom stereocenters. The van der Waals surface area contributed by atoms with Crippen LogP contribution in [0.2, 0.25) is 5.02 Å². The van der Waals surface area contributed by atoms with Crippen molar-refractivity contribution in [2.75, 3.05) is 13.1 Å². The van der Waals surface area contributed by atoms with E-state index in [1.54, 1.807) is 18.2 Å². The van der Waals surface area contributed by atoms with Gasteiger partial charge >= 0.3 is 0 Å². The number of fused-ring (bicyclic) bond motifs is 1. The molecule has 1 saturated heterocycles. The predicted molar refractivity (Wildman–Crippen MR) is 73.0 cm³/mol. The highest BCUT2D eigenvalue weighted by Gasteiger charge is 2.27. The summed E-state index contributed by atoms with van der Waals surface area (Å²) in [5, 5.41) is 5.51. The molecule has 0 radical (unpaired) electrons. The average molecular weight is 301 g/mol. The molecule has 108 valence electrons. The van der Waals surface area contributed by atoms with Crippen LogP contribution in [0.25, 0.3) is 11.0 Å². The number of rotatable bonds is 3. The van der Waals surface area contributed by atoms with Crippen molar-refractivity contribution in [1.82, 2.24) is 10.1 Å². The van der Waals surface area contributed by atoms with Crippen molar-refractivity contribution in [1.29, 1.82) is 0 Å². The maximum absolute atomic E-state index is 12.8. The van der Waals surface area contributed by atoms with Gasteiger partial charge in [0.05, 0.1) is 0 Å². The second-order valence-corrected chi connectivity index (χ2v) is 5.68. The molecular weight excluding hydrogens is 286 g/mol. The predicted octanol–water partition coefficient (Wildman–Crippen LogP) is 3.96. The molecule has 0 saturated carbocycles. The topological polar surface area (TPSA) is 29.3 Å². The summed E-state index contributed by atoms with van der Waals surface area (Å²) in [6.07, 6.45) is -0.855. The maximum atomic E-state index is 12.8. The number of alkyl halides is 2. The molecule has 3 nitrogen and oxygen atoms in total. The molecule has 1 aromatic heterocycles. The van der Waals surface area contributed by atoms with Crippen molar-refractivity contribution in [2.24, 2.45) is 5.92 Å². The Kier molecular flexibility index (Phi) is 3.89. The Morgan fingerprint density at radius 2 is 2.30 bits per heavy atom. The highest BCUT2D eigenvalue weighted by Crippen LogP contribution is 2.27. The van der Waals surface area contributed by atoms with Crippen LogP contribution in [-0.4, -0.2) is 29.6 Å². The smallest absolute Gasteiger partial charge is 0.242 e. The van der Waals surface area contributed by atoms with Gasteiger partial charge in [-0.2, -0.15) is 0 Å². The number of aromatic nitrogens is 1. The summed E-state index contributed by atoms with van der Waals surface area (Å²) in [6, 6.07) is 5.32. The third kappa shape index (κ3) is 2.79. The number of piperidine rings is 1. The Balaban J connectivity index is 1.77. The summed E-state index contributed by atoms with van der Waals surface area (Å²) in [6.45, 7) is 1.75. The molecule has 20 heavy (non-hydrogen) atoms. The lowest BCUT2D eigenvalue weighted by atomic mass is 9.98. The normalized spacial score (nSPS) is 20.9. The summed E-state index contributed by atoms with van der Waals surface area (Å²) in [4.78, 5) is 2.01. The van der Waals surface area contributed by atoms with Crippen LogP contribution in [0.4, 0.5) is 8.78 Å². The molecule has 0 bridgehead atoms. The molecule has 0 spiro atoms. The van der Waals surface area contributed by atoms with Crippen molar-refractivity contribution >= 4 is 22.6 Å². The lowest BCUT2D eigenvalue weighted by Gasteiger charge is -2.31. The highest BCUT2D eigenvalue weighted by molar-refractivity contribution is 6.31. The van der Waals surface area contributed by atoms with Crippen LogP contribution < -0.4 is 0 Å². The van der Waals surface area contributed by atoms with E-state index in [0.29, 0.717) is 30.1 Å². The molecule has 1 aliphatic rings. The molecule has 2 heterocycles. The Labute approximate surface area is 120 Å². The third-order valence-electron chi connectivity index (χ3n) is 3.78. The Morgan fingerprint density at radius 1 is 1.45 bits per heavy atom. The first kappa shape index (κ1) is 13.8. The number of halogens is 3. The zero-order valence-corrected chi connectivity index (χ0v) is 11.6. The SMILES string of the molecule is FC(F)C1CCCN(Cc2noc3ccc(Cl)cc23)C1. The number of hydrogen-bond donors (Lipinski definition) is 0. The lowest BCUT2D eigenvalue weighted by molar-refractivity contribution is 0.0249. The van der Waals surface area contributed by atoms with Crippen LogP contribution in [-0.2, 0) is 6.54 Å². The highest BCUT2D eigenvalue weighted by atomic mass is 35.5. The first-order chi connectivity index (χ1) is 9.63. The van der Waals surface area contributed by atoms with Crippen LogP contribution >= 0.6 is 11.6 Å². The van der Waals surface area contributed by atoms with Crippen LogP contribution in [0.3, 0.4) is 0 Å². The fourth-order valence-electron chi connectivity index (χ4n) is 2.73. The fourth-order valence-corrected chi connectivity index (χ4v) is 2.90. The van der Waals surface area contributed by atoms with Crippen molar-refractivity contribution in [3.05, 3.63) is 28.9 Å². The van der Waals surface area contributed by atoms with E-state index < -0.39 is 12.3 Å². The van der Waals surface area contributed by atoms with Gasteiger partial charge in [-0.05, 0) is 37.6 Å². The Bertz CT molecular complexity index is 602. The molecule has 6 heteroatoms. The molecule has 1 unspecified atom stereocenters. The standard InChI is InChI=1S/C14H15ClF2N2O/c15-10-3-4-13-11(6-10)12(18-20-13)8-19-5-1-2-9(7-19)14(16)17/h3-4,6,9,14H,1-2,5,7-8H2. The van der Waals surface area contributed by atoms with E-state index in [4.69, 9.17) is 16.1 Å². The zero-order valence-electron chi connectivity index (χ0n) is 10.9. The second kappa shape index (κ2) is 5.66. The quantitative estimate of drug-likeness (QED) is 0.859. The summed E-state index contributed by atoms with van der Waals surface area (Å²) >= 11 is 5.97. The van der Waals surface area contributed by atoms with Crippen LogP contribution in [0.15, 0.2) is 22.7 Å². The van der Waals surface area contributed by atoms with Gasteiger partial charge in [0, 0.05) is 29.4 Å². The van der Waals surface area contributed by atoms with E-state index >= 15 is 0 Å². The lowest BCUT2D eigenvalue weighted by Crippen LogP contribution is -2.37. The van der Waals surface area contributed by atoms with Gasteiger partial charge in [0.15, 0.2) is 5.58 Å². The van der Waals surface area contributed by atoms with E-state index in [9.17, 15) is 8.78 Å². The van der Waals surface area contributed by atoms with Gasteiger partial charge in [0.25, 0.3) is 0 Å². The molecule has 1 aromatic carbocycles. The Hall–Kier alpha value is -1.20. The Morgan fingerprint density at radius 3 is 3.10 bits per heavy atom. The van der Waals surface area contributed by atoms with E-state index in [1.165, 1.54) is 0 Å². The van der Waals surface area contributed by atoms with Gasteiger partial charge in [0.2, 0.25) is 6.43 Å². The number of nitrogens with zero attached hydrogens (tertiary/aromatic N) is 2. The van der Waals surface area contributed by atoms with Gasteiger partial charge in [-0.15, -0.1) is 0 Å². The van der Waals surface area contributed by atoms with Crippen molar-refractivity contribution in [3.8, 4) is 0 Å². The van der Waals surface area contributed by atoms with Crippen molar-refractivity contribution in [2.45, 2.75) is 25.8 Å². The third-order valence-corrected chi connectivity index (χ3v) is 4.01. The van der Waals surface area contributed by atoms with Crippen molar-refractivity contribution < 1.29 is 13.3 Å².